The molecule has 192 valence electrons. The van der Waals surface area contributed by atoms with Crippen molar-refractivity contribution < 1.29 is 19.2 Å². The summed E-state index contributed by atoms with van der Waals surface area (Å²) < 4.78 is 11.8. The number of methoxy groups -OCH3 is 1. The van der Waals surface area contributed by atoms with E-state index in [9.17, 15) is 14.9 Å². The second-order valence-electron chi connectivity index (χ2n) is 9.83. The quantitative estimate of drug-likeness (QED) is 0.280. The Hall–Kier alpha value is -4.43. The number of nitrogens with one attached hydrogen (secondary N) is 2. The molecule has 2 aliphatic rings. The Balaban J connectivity index is 1.33. The Morgan fingerprint density at radius 2 is 1.74 bits per heavy atom. The van der Waals surface area contributed by atoms with Crippen LogP contribution in [-0.2, 0) is 16.9 Å². The van der Waals surface area contributed by atoms with Crippen LogP contribution >= 0.6 is 0 Å². The third-order valence-corrected chi connectivity index (χ3v) is 7.80. The van der Waals surface area contributed by atoms with Gasteiger partial charge in [0.25, 0.3) is 11.9 Å². The maximum atomic E-state index is 13.3. The lowest BCUT2D eigenvalue weighted by Crippen LogP contribution is -2.54. The highest BCUT2D eigenvalue weighted by molar-refractivity contribution is 6.07. The van der Waals surface area contributed by atoms with E-state index in [1.807, 2.05) is 37.3 Å². The van der Waals surface area contributed by atoms with Gasteiger partial charge in [-0.15, -0.1) is 0 Å². The summed E-state index contributed by atoms with van der Waals surface area (Å²) in [5.41, 5.74) is 1.49. The van der Waals surface area contributed by atoms with Crippen molar-refractivity contribution in [3.8, 4) is 11.5 Å². The lowest BCUT2D eigenvalue weighted by Gasteiger charge is -2.25. The van der Waals surface area contributed by atoms with Crippen LogP contribution in [0.4, 0.5) is 5.69 Å². The molecule has 0 bridgehead atoms. The van der Waals surface area contributed by atoms with Gasteiger partial charge in [-0.05, 0) is 47.0 Å². The number of ether oxygens (including phenoxy) is 2. The fourth-order valence-electron chi connectivity index (χ4n) is 6.14. The first-order valence-corrected chi connectivity index (χ1v) is 12.5. The molecule has 2 N–H and O–H groups in total. The van der Waals surface area contributed by atoms with E-state index in [1.54, 1.807) is 43.5 Å². The first kappa shape index (κ1) is 23.9. The van der Waals surface area contributed by atoms with Crippen molar-refractivity contribution in [2.45, 2.75) is 37.1 Å². The zero-order valence-corrected chi connectivity index (χ0v) is 21.0. The molecule has 4 aromatic rings. The third-order valence-electron chi connectivity index (χ3n) is 7.80. The number of rotatable bonds is 6. The fraction of sp³-hybridized carbons (Fsp3) is 0.233. The van der Waals surface area contributed by atoms with E-state index in [-0.39, 0.29) is 11.0 Å². The minimum absolute atomic E-state index is 0.333. The van der Waals surface area contributed by atoms with Crippen molar-refractivity contribution in [3.63, 3.8) is 0 Å². The number of anilines is 1. The number of benzene rings is 4. The SMILES string of the molecule is COc1cc([C@@H]2[C@H](C)N[C@]3(C(=O)Nc4ccccc43)[C@H]2[N+](=O)[O-])ccc1OCc1cccc2ccccc12. The molecule has 2 aliphatic heterocycles. The molecule has 0 aromatic heterocycles. The fourth-order valence-corrected chi connectivity index (χ4v) is 6.14. The monoisotopic (exact) mass is 509 g/mol. The molecule has 38 heavy (non-hydrogen) atoms. The number of carbonyl (C=O) groups is 1. The summed E-state index contributed by atoms with van der Waals surface area (Å²) in [5, 5.41) is 21.0. The van der Waals surface area contributed by atoms with Crippen LogP contribution in [0.25, 0.3) is 10.8 Å². The Bertz CT molecular complexity index is 1570. The van der Waals surface area contributed by atoms with Crippen LogP contribution in [0.1, 0.15) is 29.5 Å². The van der Waals surface area contributed by atoms with Crippen LogP contribution in [0, 0.1) is 10.1 Å². The van der Waals surface area contributed by atoms with Crippen molar-refractivity contribution in [2.24, 2.45) is 0 Å². The lowest BCUT2D eigenvalue weighted by atomic mass is 9.78. The highest BCUT2D eigenvalue weighted by Gasteiger charge is 2.67. The lowest BCUT2D eigenvalue weighted by molar-refractivity contribution is -0.532. The van der Waals surface area contributed by atoms with E-state index in [2.05, 4.69) is 28.8 Å². The first-order valence-electron chi connectivity index (χ1n) is 12.5. The predicted octanol–water partition coefficient (Wildman–Crippen LogP) is 5.00. The standard InChI is InChI=1S/C30H27N3O5/c1-18-27(28(33(35)36)30(32-18)23-12-5-6-13-24(23)31-29(30)34)20-14-15-25(26(16-20)37-2)38-17-21-10-7-9-19-8-3-4-11-22(19)21/h3-16,18,27-28,32H,17H2,1-2H3,(H,31,34)/t18-,27-,28-,30-/m0/s1. The number of nitrogens with zero attached hydrogens (tertiary/aromatic N) is 1. The number of amides is 1. The van der Waals surface area contributed by atoms with Crippen LogP contribution in [0.15, 0.2) is 84.9 Å². The Labute approximate surface area is 219 Å². The summed E-state index contributed by atoms with van der Waals surface area (Å²) in [5.74, 6) is 0.0352. The van der Waals surface area contributed by atoms with E-state index in [1.165, 1.54) is 0 Å². The van der Waals surface area contributed by atoms with Gasteiger partial charge >= 0.3 is 0 Å². The molecule has 8 heteroatoms. The largest absolute Gasteiger partial charge is 0.493 e. The van der Waals surface area contributed by atoms with E-state index < -0.39 is 23.4 Å². The first-order chi connectivity index (χ1) is 18.4. The van der Waals surface area contributed by atoms with Gasteiger partial charge in [0.15, 0.2) is 17.0 Å². The zero-order valence-electron chi connectivity index (χ0n) is 21.0. The third kappa shape index (κ3) is 3.60. The molecular weight excluding hydrogens is 482 g/mol. The van der Waals surface area contributed by atoms with Gasteiger partial charge in [0, 0.05) is 22.2 Å². The van der Waals surface area contributed by atoms with Gasteiger partial charge < -0.3 is 14.8 Å². The van der Waals surface area contributed by atoms with Crippen LogP contribution in [0.5, 0.6) is 11.5 Å². The number of hydrogen-bond acceptors (Lipinski definition) is 6. The van der Waals surface area contributed by atoms with Crippen molar-refractivity contribution >= 4 is 22.4 Å². The molecule has 0 saturated carbocycles. The maximum absolute atomic E-state index is 13.3. The van der Waals surface area contributed by atoms with E-state index in [0.717, 1.165) is 16.3 Å². The molecule has 0 unspecified atom stereocenters. The minimum atomic E-state index is -1.46. The highest BCUT2D eigenvalue weighted by Crippen LogP contribution is 2.50. The summed E-state index contributed by atoms with van der Waals surface area (Å²) >= 11 is 0. The number of fused-ring (bicyclic) bond motifs is 3. The number of para-hydroxylation sites is 1. The Morgan fingerprint density at radius 1 is 0.974 bits per heavy atom. The molecule has 8 nitrogen and oxygen atoms in total. The predicted molar refractivity (Wildman–Crippen MR) is 144 cm³/mol. The molecule has 0 aliphatic carbocycles. The molecule has 1 saturated heterocycles. The van der Waals surface area contributed by atoms with Crippen LogP contribution in [0.2, 0.25) is 0 Å². The number of hydrogen-bond donors (Lipinski definition) is 2. The topological polar surface area (TPSA) is 103 Å². The van der Waals surface area contributed by atoms with Gasteiger partial charge in [-0.1, -0.05) is 66.7 Å². The Morgan fingerprint density at radius 3 is 2.55 bits per heavy atom. The molecule has 0 radical (unpaired) electrons. The zero-order chi connectivity index (χ0) is 26.4. The maximum Gasteiger partial charge on any atom is 0.256 e. The number of carbonyl (C=O) groups excluding carboxylic acids is 1. The Kier molecular flexibility index (Phi) is 5.76. The average Bonchev–Trinajstić information content (AvgIpc) is 3.40. The summed E-state index contributed by atoms with van der Waals surface area (Å²) in [4.78, 5) is 25.5. The second-order valence-corrected chi connectivity index (χ2v) is 9.83. The van der Waals surface area contributed by atoms with Gasteiger partial charge in [-0.25, -0.2) is 0 Å². The molecular formula is C30H27N3O5. The molecule has 4 atom stereocenters. The van der Waals surface area contributed by atoms with Crippen LogP contribution < -0.4 is 20.1 Å². The summed E-state index contributed by atoms with van der Waals surface area (Å²) in [6.07, 6.45) is 0. The van der Waals surface area contributed by atoms with Gasteiger partial charge in [-0.3, -0.25) is 20.2 Å². The van der Waals surface area contributed by atoms with Crippen LogP contribution in [0.3, 0.4) is 0 Å². The van der Waals surface area contributed by atoms with Crippen molar-refractivity contribution in [1.82, 2.24) is 5.32 Å². The van der Waals surface area contributed by atoms with E-state index in [0.29, 0.717) is 34.9 Å². The second kappa shape index (κ2) is 9.15. The van der Waals surface area contributed by atoms with Gasteiger partial charge in [-0.2, -0.15) is 0 Å². The normalized spacial score (nSPS) is 23.8. The average molecular weight is 510 g/mol. The smallest absolute Gasteiger partial charge is 0.256 e. The molecule has 4 aromatic carbocycles. The van der Waals surface area contributed by atoms with Crippen molar-refractivity contribution in [3.05, 3.63) is 112 Å². The minimum Gasteiger partial charge on any atom is -0.493 e. The van der Waals surface area contributed by atoms with E-state index in [4.69, 9.17) is 9.47 Å². The van der Waals surface area contributed by atoms with Gasteiger partial charge in [0.1, 0.15) is 6.61 Å². The molecule has 1 amide bonds. The highest BCUT2D eigenvalue weighted by atomic mass is 16.6. The molecule has 1 fully saturated rings. The molecule has 6 rings (SSSR count). The van der Waals surface area contributed by atoms with E-state index >= 15 is 0 Å². The summed E-state index contributed by atoms with van der Waals surface area (Å²) in [6, 6.07) is 25.2. The van der Waals surface area contributed by atoms with Crippen molar-refractivity contribution in [1.29, 1.82) is 0 Å². The van der Waals surface area contributed by atoms with Crippen LogP contribution in [-0.4, -0.2) is 30.0 Å². The van der Waals surface area contributed by atoms with Crippen molar-refractivity contribution in [2.75, 3.05) is 12.4 Å². The molecule has 2 heterocycles. The number of nitro groups is 1. The summed E-state index contributed by atoms with van der Waals surface area (Å²) in [7, 11) is 1.55. The van der Waals surface area contributed by atoms with Gasteiger partial charge in [0.05, 0.1) is 13.0 Å². The van der Waals surface area contributed by atoms with Gasteiger partial charge in [0.2, 0.25) is 0 Å². The summed E-state index contributed by atoms with van der Waals surface area (Å²) in [6.45, 7) is 2.22. The molecule has 1 spiro atoms.